The lowest BCUT2D eigenvalue weighted by Gasteiger charge is -2.17. The zero-order valence-corrected chi connectivity index (χ0v) is 14.2. The normalized spacial score (nSPS) is 18.0. The Morgan fingerprint density at radius 2 is 2.18 bits per heavy atom. The highest BCUT2D eigenvalue weighted by Gasteiger charge is 2.27. The molecule has 1 aromatic carbocycles. The van der Waals surface area contributed by atoms with E-state index in [0.29, 0.717) is 12.5 Å². The number of rotatable bonds is 3. The van der Waals surface area contributed by atoms with Gasteiger partial charge in [-0.05, 0) is 48.7 Å². The first-order valence-corrected chi connectivity index (χ1v) is 8.30. The highest BCUT2D eigenvalue weighted by Crippen LogP contribution is 2.26. The lowest BCUT2D eigenvalue weighted by atomic mass is 10.1. The fourth-order valence-electron chi connectivity index (χ4n) is 3.04. The Morgan fingerprint density at radius 3 is 2.86 bits per heavy atom. The van der Waals surface area contributed by atoms with E-state index in [0.717, 1.165) is 40.9 Å². The Bertz CT molecular complexity index is 695. The summed E-state index contributed by atoms with van der Waals surface area (Å²) in [5.74, 6) is 0.536. The number of amides is 1. The summed E-state index contributed by atoms with van der Waals surface area (Å²) >= 11 is 3.49. The van der Waals surface area contributed by atoms with Gasteiger partial charge in [-0.1, -0.05) is 28.1 Å². The van der Waals surface area contributed by atoms with E-state index in [1.54, 1.807) is 0 Å². The molecule has 1 saturated heterocycles. The van der Waals surface area contributed by atoms with Crippen molar-refractivity contribution in [2.45, 2.75) is 6.42 Å². The minimum absolute atomic E-state index is 0.0969. The molecule has 1 aromatic heterocycles. The maximum atomic E-state index is 12.7. The number of nitrogens with two attached hydrogens (primary N) is 1. The van der Waals surface area contributed by atoms with Gasteiger partial charge in [-0.3, -0.25) is 4.79 Å². The van der Waals surface area contributed by atoms with E-state index in [-0.39, 0.29) is 5.91 Å². The number of hydrogen-bond donors (Lipinski definition) is 1. The van der Waals surface area contributed by atoms with Gasteiger partial charge < -0.3 is 15.2 Å². The number of nitrogens with zero attached hydrogens (tertiary/aromatic N) is 2. The molecular weight excluding hydrogens is 342 g/mol. The van der Waals surface area contributed by atoms with Crippen molar-refractivity contribution in [2.24, 2.45) is 18.7 Å². The van der Waals surface area contributed by atoms with Crippen LogP contribution in [-0.4, -0.2) is 35.0 Å². The molecule has 1 atom stereocenters. The van der Waals surface area contributed by atoms with Crippen LogP contribution < -0.4 is 5.73 Å². The fourth-order valence-corrected chi connectivity index (χ4v) is 3.43. The zero-order chi connectivity index (χ0) is 15.7. The molecule has 22 heavy (non-hydrogen) atoms. The third-order valence-corrected chi connectivity index (χ3v) is 4.86. The molecule has 0 radical (unpaired) electrons. The van der Waals surface area contributed by atoms with E-state index in [1.807, 2.05) is 40.8 Å². The van der Waals surface area contributed by atoms with Gasteiger partial charge in [-0.25, -0.2) is 0 Å². The molecule has 116 valence electrons. The average Bonchev–Trinajstić information content (AvgIpc) is 3.13. The molecule has 2 aromatic rings. The van der Waals surface area contributed by atoms with E-state index in [1.165, 1.54) is 0 Å². The smallest absolute Gasteiger partial charge is 0.270 e. The fraction of sp³-hybridized carbons (Fsp3) is 0.353. The first kappa shape index (κ1) is 15.3. The molecular formula is C17H20BrN3O. The van der Waals surface area contributed by atoms with Crippen LogP contribution in [0, 0.1) is 5.92 Å². The Hall–Kier alpha value is -1.59. The summed E-state index contributed by atoms with van der Waals surface area (Å²) in [6.07, 6.45) is 1.01. The summed E-state index contributed by atoms with van der Waals surface area (Å²) in [5.41, 5.74) is 8.58. The van der Waals surface area contributed by atoms with Crippen LogP contribution in [0.2, 0.25) is 0 Å². The van der Waals surface area contributed by atoms with Crippen molar-refractivity contribution in [3.63, 3.8) is 0 Å². The zero-order valence-electron chi connectivity index (χ0n) is 12.6. The van der Waals surface area contributed by atoms with Crippen LogP contribution in [0.5, 0.6) is 0 Å². The molecule has 2 N–H and O–H groups in total. The lowest BCUT2D eigenvalue weighted by molar-refractivity contribution is 0.0778. The van der Waals surface area contributed by atoms with Crippen LogP contribution in [0.3, 0.4) is 0 Å². The maximum absolute atomic E-state index is 12.7. The summed E-state index contributed by atoms with van der Waals surface area (Å²) in [7, 11) is 1.94. The number of aromatic nitrogens is 1. The van der Waals surface area contributed by atoms with Crippen LogP contribution in [0.15, 0.2) is 40.9 Å². The van der Waals surface area contributed by atoms with Gasteiger partial charge in [0.1, 0.15) is 5.69 Å². The number of carbonyl (C=O) groups is 1. The van der Waals surface area contributed by atoms with Crippen LogP contribution in [0.1, 0.15) is 16.9 Å². The van der Waals surface area contributed by atoms with Crippen molar-refractivity contribution in [3.05, 3.63) is 46.6 Å². The number of halogens is 1. The molecule has 0 saturated carbocycles. The van der Waals surface area contributed by atoms with Gasteiger partial charge >= 0.3 is 0 Å². The van der Waals surface area contributed by atoms with E-state index in [4.69, 9.17) is 5.73 Å². The molecule has 4 nitrogen and oxygen atoms in total. The number of carbonyl (C=O) groups excluding carboxylic acids is 1. The lowest BCUT2D eigenvalue weighted by Crippen LogP contribution is -2.31. The molecule has 2 heterocycles. The summed E-state index contributed by atoms with van der Waals surface area (Å²) in [4.78, 5) is 14.6. The van der Waals surface area contributed by atoms with Crippen LogP contribution in [0.25, 0.3) is 11.3 Å². The van der Waals surface area contributed by atoms with Crippen molar-refractivity contribution >= 4 is 21.8 Å². The Labute approximate surface area is 139 Å². The van der Waals surface area contributed by atoms with Gasteiger partial charge in [0.2, 0.25) is 0 Å². The molecule has 0 spiro atoms. The molecule has 1 amide bonds. The topological polar surface area (TPSA) is 51.3 Å². The summed E-state index contributed by atoms with van der Waals surface area (Å²) < 4.78 is 3.00. The van der Waals surface area contributed by atoms with E-state index in [2.05, 4.69) is 28.1 Å². The minimum atomic E-state index is 0.0969. The Morgan fingerprint density at radius 1 is 1.36 bits per heavy atom. The van der Waals surface area contributed by atoms with Gasteiger partial charge in [-0.15, -0.1) is 0 Å². The van der Waals surface area contributed by atoms with Crippen molar-refractivity contribution in [1.82, 2.24) is 9.47 Å². The number of hydrogen-bond acceptors (Lipinski definition) is 2. The quantitative estimate of drug-likeness (QED) is 0.913. The van der Waals surface area contributed by atoms with Crippen LogP contribution in [0.4, 0.5) is 0 Å². The predicted octanol–water partition coefficient (Wildman–Crippen LogP) is 2.88. The van der Waals surface area contributed by atoms with Gasteiger partial charge in [0.15, 0.2) is 0 Å². The van der Waals surface area contributed by atoms with Crippen LogP contribution >= 0.6 is 15.9 Å². The highest BCUT2D eigenvalue weighted by atomic mass is 79.9. The Kier molecular flexibility index (Phi) is 4.36. The SMILES string of the molecule is Cn1c(C(=O)N2CC[C@H](CN)C2)ccc1-c1cccc(Br)c1. The Balaban J connectivity index is 1.86. The maximum Gasteiger partial charge on any atom is 0.270 e. The minimum Gasteiger partial charge on any atom is -0.340 e. The molecule has 1 fully saturated rings. The predicted molar refractivity (Wildman–Crippen MR) is 91.6 cm³/mol. The van der Waals surface area contributed by atoms with Crippen molar-refractivity contribution < 1.29 is 4.79 Å². The van der Waals surface area contributed by atoms with Crippen molar-refractivity contribution in [1.29, 1.82) is 0 Å². The second-order valence-electron chi connectivity index (χ2n) is 5.81. The average molecular weight is 362 g/mol. The second-order valence-corrected chi connectivity index (χ2v) is 6.73. The number of likely N-dealkylation sites (tertiary alicyclic amines) is 1. The van der Waals surface area contributed by atoms with E-state index in [9.17, 15) is 4.79 Å². The van der Waals surface area contributed by atoms with Gasteiger partial charge in [0.05, 0.1) is 0 Å². The molecule has 1 aliphatic heterocycles. The van der Waals surface area contributed by atoms with E-state index >= 15 is 0 Å². The first-order valence-electron chi connectivity index (χ1n) is 7.51. The molecule has 0 aliphatic carbocycles. The molecule has 5 heteroatoms. The summed E-state index contributed by atoms with van der Waals surface area (Å²) in [5, 5.41) is 0. The van der Waals surface area contributed by atoms with Gasteiger partial charge in [0, 0.05) is 30.3 Å². The third kappa shape index (κ3) is 2.83. The van der Waals surface area contributed by atoms with Crippen molar-refractivity contribution in [2.75, 3.05) is 19.6 Å². The van der Waals surface area contributed by atoms with E-state index < -0.39 is 0 Å². The molecule has 1 aliphatic rings. The standard InChI is InChI=1S/C17H20BrN3O/c1-20-15(13-3-2-4-14(18)9-13)5-6-16(20)17(22)21-8-7-12(10-19)11-21/h2-6,9,12H,7-8,10-11,19H2,1H3/t12-/m1/s1. The molecule has 3 rings (SSSR count). The monoisotopic (exact) mass is 361 g/mol. The summed E-state index contributed by atoms with van der Waals surface area (Å²) in [6.45, 7) is 2.23. The molecule has 0 bridgehead atoms. The van der Waals surface area contributed by atoms with Gasteiger partial charge in [-0.2, -0.15) is 0 Å². The highest BCUT2D eigenvalue weighted by molar-refractivity contribution is 9.10. The molecule has 0 unspecified atom stereocenters. The first-order chi connectivity index (χ1) is 10.6. The second kappa shape index (κ2) is 6.26. The van der Waals surface area contributed by atoms with Crippen LogP contribution in [-0.2, 0) is 7.05 Å². The van der Waals surface area contributed by atoms with Crippen molar-refractivity contribution in [3.8, 4) is 11.3 Å². The summed E-state index contributed by atoms with van der Waals surface area (Å²) in [6, 6.07) is 12.0. The number of benzene rings is 1. The van der Waals surface area contributed by atoms with Gasteiger partial charge in [0.25, 0.3) is 5.91 Å². The third-order valence-electron chi connectivity index (χ3n) is 4.37. The largest absolute Gasteiger partial charge is 0.340 e.